The van der Waals surface area contributed by atoms with Gasteiger partial charge in [-0.05, 0) is 0 Å². The van der Waals surface area contributed by atoms with Crippen LogP contribution in [0.2, 0.25) is 0 Å². The molecule has 3 nitrogen and oxygen atoms in total. The fourth-order valence-electron chi connectivity index (χ4n) is 5.49. The van der Waals surface area contributed by atoms with Gasteiger partial charge in [-0.15, -0.1) is 21.9 Å². The van der Waals surface area contributed by atoms with Crippen LogP contribution in [0.15, 0.2) is 0 Å². The molecule has 4 rings (SSSR count). The van der Waals surface area contributed by atoms with Gasteiger partial charge >= 0.3 is 79.5 Å². The second kappa shape index (κ2) is 17.7. The summed E-state index contributed by atoms with van der Waals surface area (Å²) in [4.78, 5) is 0. The summed E-state index contributed by atoms with van der Waals surface area (Å²) in [5, 5.41) is 0. The van der Waals surface area contributed by atoms with Crippen molar-refractivity contribution in [1.82, 2.24) is 0 Å². The zero-order valence-electron chi connectivity index (χ0n) is 27.1. The molecule has 0 aliphatic rings. The molecular formula is C30H13BF20NaO3-. The first-order valence-corrected chi connectivity index (χ1v) is 15.5. The van der Waals surface area contributed by atoms with Gasteiger partial charge in [0.15, 0.2) is 69.8 Å². The molecule has 0 saturated heterocycles. The molecule has 0 bridgehead atoms. The SMILES string of the molecule is COCCO[CH]([Na])COC.Fc1c(F)c(F)c([B-](c2c(F)c(F)c(F)c(F)c2F)(c2c(F)c(F)c(F)c(F)c2F)c2c(F)c(F)c(F)c(F)c2F)c(F)c1F. The molecule has 0 aliphatic carbocycles. The molecule has 0 heterocycles. The summed E-state index contributed by atoms with van der Waals surface area (Å²) < 4.78 is 309. The Morgan fingerprint density at radius 1 is 0.345 bits per heavy atom. The monoisotopic (exact) mass is 835 g/mol. The van der Waals surface area contributed by atoms with Gasteiger partial charge in [-0.3, -0.25) is 0 Å². The van der Waals surface area contributed by atoms with Crippen molar-refractivity contribution in [3.63, 3.8) is 0 Å². The number of rotatable bonds is 10. The predicted octanol–water partition coefficient (Wildman–Crippen LogP) is 5.64. The van der Waals surface area contributed by atoms with E-state index in [4.69, 9.17) is 14.2 Å². The summed E-state index contributed by atoms with van der Waals surface area (Å²) in [6.45, 7) is 2.05. The quantitative estimate of drug-likeness (QED) is 0.0682. The van der Waals surface area contributed by atoms with Crippen molar-refractivity contribution >= 4 is 55.9 Å². The molecule has 55 heavy (non-hydrogen) atoms. The molecule has 4 aromatic carbocycles. The molecule has 0 amide bonds. The van der Waals surface area contributed by atoms with Crippen LogP contribution in [0.3, 0.4) is 0 Å². The zero-order chi connectivity index (χ0) is 42.2. The molecule has 0 saturated carbocycles. The average molecular weight is 835 g/mol. The molecule has 0 aromatic heterocycles. The Balaban J connectivity index is 0.000000712. The first kappa shape index (κ1) is 45.8. The maximum Gasteiger partial charge on any atom is 0.200 e. The molecule has 296 valence electrons. The Hall–Kier alpha value is -3.58. The van der Waals surface area contributed by atoms with Crippen molar-refractivity contribution < 1.29 is 102 Å². The summed E-state index contributed by atoms with van der Waals surface area (Å²) in [7, 11) is 3.35. The largest absolute Gasteiger partial charge is 0.207 e. The number of methoxy groups -OCH3 is 2. The molecule has 4 aromatic rings. The van der Waals surface area contributed by atoms with Crippen molar-refractivity contribution in [3.05, 3.63) is 116 Å². The van der Waals surface area contributed by atoms with Gasteiger partial charge in [0.2, 0.25) is 0 Å². The van der Waals surface area contributed by atoms with E-state index in [2.05, 4.69) is 0 Å². The predicted molar refractivity (Wildman–Crippen MR) is 148 cm³/mol. The van der Waals surface area contributed by atoms with Gasteiger partial charge in [0.05, 0.1) is 0 Å². The molecule has 1 atom stereocenters. The van der Waals surface area contributed by atoms with Crippen molar-refractivity contribution in [1.29, 1.82) is 0 Å². The molecule has 0 fully saturated rings. The van der Waals surface area contributed by atoms with E-state index in [-0.39, 0.29) is 0 Å². The van der Waals surface area contributed by atoms with Crippen LogP contribution >= 0.6 is 0 Å². The number of halogens is 20. The fraction of sp³-hybridized carbons (Fsp3) is 0.200. The summed E-state index contributed by atoms with van der Waals surface area (Å²) in [6, 6.07) is 0. The minimum absolute atomic E-state index is 0.306. The molecule has 0 aliphatic heterocycles. The van der Waals surface area contributed by atoms with Gasteiger partial charge in [0.25, 0.3) is 0 Å². The van der Waals surface area contributed by atoms with E-state index in [1.165, 1.54) is 0 Å². The van der Waals surface area contributed by atoms with Crippen molar-refractivity contribution in [3.8, 4) is 0 Å². The normalized spacial score (nSPS) is 12.3. The van der Waals surface area contributed by atoms with Crippen molar-refractivity contribution in [2.24, 2.45) is 0 Å². The van der Waals surface area contributed by atoms with Crippen LogP contribution in [0.4, 0.5) is 87.8 Å². The van der Waals surface area contributed by atoms with Gasteiger partial charge in [-0.2, -0.15) is 0 Å². The van der Waals surface area contributed by atoms with Crippen LogP contribution in [0.25, 0.3) is 0 Å². The minimum Gasteiger partial charge on any atom is -0.207 e. The van der Waals surface area contributed by atoms with E-state index >= 15 is 35.1 Å². The second-order valence-corrected chi connectivity index (χ2v) is 12.2. The van der Waals surface area contributed by atoms with E-state index < -0.39 is 144 Å². The summed E-state index contributed by atoms with van der Waals surface area (Å²) in [6.07, 6.45) is -7.22. The Morgan fingerprint density at radius 3 is 0.727 bits per heavy atom. The van der Waals surface area contributed by atoms with Gasteiger partial charge in [-0.1, -0.05) is 0 Å². The fourth-order valence-corrected chi connectivity index (χ4v) is 6.06. The Kier molecular flexibility index (Phi) is 14.7. The summed E-state index contributed by atoms with van der Waals surface area (Å²) in [5.41, 5.74) is -14.3. The molecule has 25 heteroatoms. The minimum atomic E-state index is -7.22. The third kappa shape index (κ3) is 7.64. The van der Waals surface area contributed by atoms with Crippen LogP contribution in [-0.2, 0) is 14.2 Å². The van der Waals surface area contributed by atoms with E-state index in [1.807, 2.05) is 0 Å². The maximum absolute atomic E-state index is 15.4. The molecule has 0 spiro atoms. The van der Waals surface area contributed by atoms with E-state index in [1.54, 1.807) is 14.2 Å². The van der Waals surface area contributed by atoms with Gasteiger partial charge in [-0.25, -0.2) is 87.8 Å². The third-order valence-electron chi connectivity index (χ3n) is 7.80. The van der Waals surface area contributed by atoms with Crippen molar-refractivity contribution in [2.75, 3.05) is 34.0 Å². The van der Waals surface area contributed by atoms with Crippen LogP contribution in [0, 0.1) is 116 Å². The van der Waals surface area contributed by atoms with Gasteiger partial charge in [0.1, 0.15) is 52.7 Å². The van der Waals surface area contributed by atoms with E-state index in [0.29, 0.717) is 23.2 Å². The smallest absolute Gasteiger partial charge is 0.200 e. The van der Waals surface area contributed by atoms with Crippen molar-refractivity contribution in [2.45, 2.75) is 3.35 Å². The third-order valence-corrected chi connectivity index (χ3v) is 8.46. The van der Waals surface area contributed by atoms with Crippen LogP contribution in [0.5, 0.6) is 0 Å². The topological polar surface area (TPSA) is 27.7 Å². The molecular weight excluding hydrogens is 822 g/mol. The number of hydrogen-bond donors (Lipinski definition) is 0. The van der Waals surface area contributed by atoms with E-state index in [9.17, 15) is 52.7 Å². The van der Waals surface area contributed by atoms with Crippen LogP contribution < -0.4 is 21.9 Å². The Bertz CT molecular complexity index is 1750. The second-order valence-electron chi connectivity index (χ2n) is 10.9. The molecule has 0 N–H and O–H groups in total. The van der Waals surface area contributed by atoms with Crippen LogP contribution in [-0.4, -0.2) is 71.5 Å². The first-order valence-electron chi connectivity index (χ1n) is 14.3. The average Bonchev–Trinajstić information content (AvgIpc) is 3.15. The van der Waals surface area contributed by atoms with Gasteiger partial charge in [0, 0.05) is 0 Å². The zero-order valence-corrected chi connectivity index (χ0v) is 29.1. The Morgan fingerprint density at radius 2 is 0.545 bits per heavy atom. The van der Waals surface area contributed by atoms with Gasteiger partial charge < -0.3 is 0 Å². The molecule has 1 unspecified atom stereocenters. The summed E-state index contributed by atoms with van der Waals surface area (Å²) >= 11 is 1.01. The van der Waals surface area contributed by atoms with Crippen LogP contribution in [0.1, 0.15) is 0 Å². The van der Waals surface area contributed by atoms with E-state index in [0.717, 1.165) is 27.9 Å². The Labute approximate surface area is 311 Å². The number of benzene rings is 4. The number of ether oxygens (including phenoxy) is 3. The summed E-state index contributed by atoms with van der Waals surface area (Å²) in [5.74, 6) is -71.4. The maximum atomic E-state index is 15.4. The molecule has 0 radical (unpaired) electrons. The first-order chi connectivity index (χ1) is 25.5. The number of hydrogen-bond acceptors (Lipinski definition) is 3. The standard InChI is InChI=1S/C24BF20.C6H13O3.Na/c26-5-1(6(27)14(35)21(42)13(5)34)25(2-7(28)15(36)22(43)16(37)8(2)29,3-9(30)17(38)23(44)18(39)10(3)31)4-11(32)19(40)24(45)20(41)12(4)33;1-7-3-5-9-6-4-8-2;/h;5H,3-4,6H2,1-2H3;/q-1;;.